The summed E-state index contributed by atoms with van der Waals surface area (Å²) < 4.78 is 36.3. The van der Waals surface area contributed by atoms with E-state index in [9.17, 15) is 23.3 Å². The smallest absolute Gasteiger partial charge is 0.276 e. The zero-order valence-corrected chi connectivity index (χ0v) is 20.7. The maximum atomic E-state index is 13.7. The number of ether oxygens (including phenoxy) is 2. The quantitative estimate of drug-likeness (QED) is 0.420. The highest BCUT2D eigenvalue weighted by Crippen LogP contribution is 2.42. The molecule has 2 aromatic rings. The lowest BCUT2D eigenvalue weighted by Crippen LogP contribution is -2.51. The molecule has 1 N–H and O–H groups in total. The van der Waals surface area contributed by atoms with Crippen LogP contribution in [0.15, 0.2) is 35.2 Å². The summed E-state index contributed by atoms with van der Waals surface area (Å²) in [5.41, 5.74) is 1.59. The number of carbonyl (C=O) groups excluding carboxylic acids is 1. The Balaban J connectivity index is 1.86. The fourth-order valence-corrected chi connectivity index (χ4v) is 6.92. The molecule has 1 aliphatic carbocycles. The number of hydrogen-bond acceptors (Lipinski definition) is 7. The second-order valence-electron chi connectivity index (χ2n) is 8.57. The lowest BCUT2D eigenvalue weighted by atomic mass is 10.1. The van der Waals surface area contributed by atoms with E-state index in [0.717, 1.165) is 5.56 Å². The largest absolute Gasteiger partial charge is 0.493 e. The minimum atomic E-state index is -3.95. The molecule has 0 radical (unpaired) electrons. The van der Waals surface area contributed by atoms with Crippen LogP contribution in [0.5, 0.6) is 11.5 Å². The second kappa shape index (κ2) is 10.0. The van der Waals surface area contributed by atoms with Gasteiger partial charge in [-0.1, -0.05) is 25.0 Å². The van der Waals surface area contributed by atoms with Gasteiger partial charge in [0.05, 0.1) is 30.1 Å². The average Bonchev–Trinajstić information content (AvgIpc) is 3.32. The molecule has 184 valence electrons. The van der Waals surface area contributed by atoms with Crippen LogP contribution in [0.1, 0.15) is 42.4 Å². The molecule has 0 atom stereocenters. The van der Waals surface area contributed by atoms with Crippen molar-refractivity contribution in [2.24, 2.45) is 0 Å². The van der Waals surface area contributed by atoms with E-state index in [1.54, 1.807) is 19.1 Å². The van der Waals surface area contributed by atoms with Crippen molar-refractivity contribution in [2.45, 2.75) is 55.6 Å². The first-order valence-electron chi connectivity index (χ1n) is 11.1. The predicted molar refractivity (Wildman–Crippen MR) is 127 cm³/mol. The van der Waals surface area contributed by atoms with Crippen molar-refractivity contribution in [1.29, 1.82) is 0 Å². The van der Waals surface area contributed by atoms with E-state index in [-0.39, 0.29) is 42.1 Å². The zero-order chi connectivity index (χ0) is 25.1. The van der Waals surface area contributed by atoms with Crippen molar-refractivity contribution >= 4 is 21.4 Å². The Kier molecular flexibility index (Phi) is 7.50. The summed E-state index contributed by atoms with van der Waals surface area (Å²) in [6, 6.07) is 7.98. The van der Waals surface area contributed by atoms with Crippen LogP contribution in [0.25, 0.3) is 0 Å². The molecule has 0 aliphatic heterocycles. The summed E-state index contributed by atoms with van der Waals surface area (Å²) in [4.78, 5) is 24.5. The van der Waals surface area contributed by atoms with E-state index in [1.807, 2.05) is 13.0 Å². The zero-order valence-electron chi connectivity index (χ0n) is 19.8. The normalized spacial score (nSPS) is 15.1. The molecule has 9 nitrogen and oxygen atoms in total. The fourth-order valence-electron chi connectivity index (χ4n) is 4.52. The van der Waals surface area contributed by atoms with Crippen molar-refractivity contribution in [1.82, 2.24) is 5.32 Å². The van der Waals surface area contributed by atoms with Crippen molar-refractivity contribution in [3.63, 3.8) is 0 Å². The topological polar surface area (TPSA) is 125 Å². The summed E-state index contributed by atoms with van der Waals surface area (Å²) in [7, 11) is -1.13. The highest BCUT2D eigenvalue weighted by molar-refractivity contribution is 7.93. The third kappa shape index (κ3) is 4.59. The number of amides is 1. The highest BCUT2D eigenvalue weighted by Gasteiger charge is 2.53. The summed E-state index contributed by atoms with van der Waals surface area (Å²) in [5.74, 6) is -0.000243. The number of rotatable bonds is 9. The molecule has 1 saturated carbocycles. The SMILES string of the molecule is COc1cc(CCNC(=O)C2(S(=O)(=O)c3cc(C)ccc3C)CCCC2)c([N+](=O)[O-])cc1OC. The van der Waals surface area contributed by atoms with Crippen LogP contribution in [0, 0.1) is 24.0 Å². The van der Waals surface area contributed by atoms with E-state index in [4.69, 9.17) is 9.47 Å². The van der Waals surface area contributed by atoms with Gasteiger partial charge in [0, 0.05) is 12.1 Å². The Hall–Kier alpha value is -3.14. The van der Waals surface area contributed by atoms with Crippen LogP contribution < -0.4 is 14.8 Å². The summed E-state index contributed by atoms with van der Waals surface area (Å²) >= 11 is 0. The van der Waals surface area contributed by atoms with Gasteiger partial charge in [-0.05, 0) is 56.4 Å². The molecule has 2 aromatic carbocycles. The Morgan fingerprint density at radius 1 is 1.09 bits per heavy atom. The van der Waals surface area contributed by atoms with Crippen LogP contribution in [0.3, 0.4) is 0 Å². The summed E-state index contributed by atoms with van der Waals surface area (Å²) in [5, 5.41) is 14.3. The molecule has 0 heterocycles. The minimum Gasteiger partial charge on any atom is -0.493 e. The molecule has 0 saturated heterocycles. The summed E-state index contributed by atoms with van der Waals surface area (Å²) in [6.07, 6.45) is 1.88. The van der Waals surface area contributed by atoms with Gasteiger partial charge in [-0.25, -0.2) is 8.42 Å². The standard InChI is InChI=1S/C24H30N2O7S/c1-16-7-8-17(2)22(13-16)34(30,31)24(10-5-6-11-24)23(27)25-12-9-18-14-20(32-3)21(33-4)15-19(18)26(28)29/h7-8,13-15H,5-6,9-12H2,1-4H3,(H,25,27). The number of benzene rings is 2. The lowest BCUT2D eigenvalue weighted by molar-refractivity contribution is -0.385. The number of aryl methyl sites for hydroxylation is 2. The van der Waals surface area contributed by atoms with Gasteiger partial charge < -0.3 is 14.8 Å². The van der Waals surface area contributed by atoms with E-state index in [0.29, 0.717) is 29.7 Å². The molecule has 0 bridgehead atoms. The van der Waals surface area contributed by atoms with Crippen LogP contribution in [0.4, 0.5) is 5.69 Å². The van der Waals surface area contributed by atoms with Crippen LogP contribution in [0.2, 0.25) is 0 Å². The average molecular weight is 491 g/mol. The molecule has 1 amide bonds. The molecule has 1 fully saturated rings. The number of nitro groups is 1. The van der Waals surface area contributed by atoms with E-state index in [1.165, 1.54) is 26.4 Å². The molecular weight excluding hydrogens is 460 g/mol. The van der Waals surface area contributed by atoms with E-state index < -0.39 is 25.4 Å². The maximum absolute atomic E-state index is 13.7. The molecular formula is C24H30N2O7S. The number of sulfone groups is 1. The van der Waals surface area contributed by atoms with Crippen molar-refractivity contribution in [2.75, 3.05) is 20.8 Å². The third-order valence-corrected chi connectivity index (χ3v) is 9.08. The minimum absolute atomic E-state index is 0.0409. The molecule has 34 heavy (non-hydrogen) atoms. The Labute approximate surface area is 199 Å². The Bertz CT molecular complexity index is 1200. The Morgan fingerprint density at radius 3 is 2.29 bits per heavy atom. The Morgan fingerprint density at radius 2 is 1.71 bits per heavy atom. The first-order chi connectivity index (χ1) is 16.1. The maximum Gasteiger partial charge on any atom is 0.276 e. The lowest BCUT2D eigenvalue weighted by Gasteiger charge is -2.28. The number of nitrogens with one attached hydrogen (secondary N) is 1. The number of methoxy groups -OCH3 is 2. The molecule has 3 rings (SSSR count). The first kappa shape index (κ1) is 25.5. The van der Waals surface area contributed by atoms with Gasteiger partial charge >= 0.3 is 0 Å². The van der Waals surface area contributed by atoms with Gasteiger partial charge in [0.25, 0.3) is 5.69 Å². The summed E-state index contributed by atoms with van der Waals surface area (Å²) in [6.45, 7) is 3.58. The van der Waals surface area contributed by atoms with Crippen LogP contribution in [-0.2, 0) is 21.1 Å². The van der Waals surface area contributed by atoms with Crippen molar-refractivity contribution < 1.29 is 27.6 Å². The molecule has 10 heteroatoms. The van der Waals surface area contributed by atoms with Gasteiger partial charge in [0.2, 0.25) is 5.91 Å². The van der Waals surface area contributed by atoms with Crippen LogP contribution in [-0.4, -0.2) is 44.8 Å². The molecule has 1 aliphatic rings. The van der Waals surface area contributed by atoms with Gasteiger partial charge in [-0.2, -0.15) is 0 Å². The van der Waals surface area contributed by atoms with Crippen LogP contribution >= 0.6 is 0 Å². The highest BCUT2D eigenvalue weighted by atomic mass is 32.2. The fraction of sp³-hybridized carbons (Fsp3) is 0.458. The third-order valence-electron chi connectivity index (χ3n) is 6.43. The number of nitrogens with zero attached hydrogens (tertiary/aromatic N) is 1. The van der Waals surface area contributed by atoms with E-state index >= 15 is 0 Å². The number of carbonyl (C=O) groups is 1. The van der Waals surface area contributed by atoms with Gasteiger partial charge in [0.1, 0.15) is 0 Å². The van der Waals surface area contributed by atoms with Gasteiger partial charge in [0.15, 0.2) is 26.1 Å². The van der Waals surface area contributed by atoms with Crippen molar-refractivity contribution in [3.05, 3.63) is 57.1 Å². The molecule has 0 aromatic heterocycles. The molecule has 0 spiro atoms. The van der Waals surface area contributed by atoms with Gasteiger partial charge in [-0.15, -0.1) is 0 Å². The number of hydrogen-bond donors (Lipinski definition) is 1. The first-order valence-corrected chi connectivity index (χ1v) is 12.5. The van der Waals surface area contributed by atoms with Gasteiger partial charge in [-0.3, -0.25) is 14.9 Å². The number of nitro benzene ring substituents is 1. The second-order valence-corrected chi connectivity index (χ2v) is 10.8. The van der Waals surface area contributed by atoms with E-state index in [2.05, 4.69) is 5.32 Å². The monoisotopic (exact) mass is 490 g/mol. The predicted octanol–water partition coefficient (Wildman–Crippen LogP) is 3.67. The molecule has 0 unspecified atom stereocenters. The van der Waals surface area contributed by atoms with Crippen molar-refractivity contribution in [3.8, 4) is 11.5 Å².